The zero-order chi connectivity index (χ0) is 14.8. The minimum atomic E-state index is -0.800. The van der Waals surface area contributed by atoms with Crippen molar-refractivity contribution in [2.24, 2.45) is 0 Å². The molecule has 0 radical (unpaired) electrons. The van der Waals surface area contributed by atoms with Crippen molar-refractivity contribution in [3.05, 3.63) is 18.0 Å². The second-order valence-electron chi connectivity index (χ2n) is 5.90. The van der Waals surface area contributed by atoms with E-state index < -0.39 is 5.60 Å². The van der Waals surface area contributed by atoms with E-state index in [1.165, 1.54) is 0 Å². The topological polar surface area (TPSA) is 61.6 Å². The molecule has 6 heteroatoms. The van der Waals surface area contributed by atoms with E-state index in [0.29, 0.717) is 31.7 Å². The van der Waals surface area contributed by atoms with Crippen molar-refractivity contribution in [1.82, 2.24) is 19.6 Å². The number of nitrogens with zero attached hydrogens (tertiary/aromatic N) is 4. The maximum atomic E-state index is 12.4. The Morgan fingerprint density at radius 1 is 1.55 bits per heavy atom. The number of likely N-dealkylation sites (N-methyl/N-ethyl adjacent to an activating group) is 1. The van der Waals surface area contributed by atoms with Gasteiger partial charge in [0, 0.05) is 25.8 Å². The van der Waals surface area contributed by atoms with Crippen LogP contribution in [-0.4, -0.2) is 69.9 Å². The molecular formula is C14H24N4O2. The number of aliphatic hydroxyl groups is 1. The lowest BCUT2D eigenvalue weighted by atomic mass is 10.0. The van der Waals surface area contributed by atoms with Gasteiger partial charge in [0.25, 0.3) is 5.91 Å². The maximum Gasteiger partial charge on any atom is 0.274 e. The van der Waals surface area contributed by atoms with E-state index in [4.69, 9.17) is 0 Å². The van der Waals surface area contributed by atoms with Gasteiger partial charge in [-0.25, -0.2) is 0 Å². The van der Waals surface area contributed by atoms with Gasteiger partial charge in [-0.05, 0) is 33.0 Å². The lowest BCUT2D eigenvalue weighted by Crippen LogP contribution is -2.43. The van der Waals surface area contributed by atoms with Crippen LogP contribution in [0.25, 0.3) is 0 Å². The summed E-state index contributed by atoms with van der Waals surface area (Å²) in [7, 11) is 3.85. The van der Waals surface area contributed by atoms with Crippen LogP contribution in [0.1, 0.15) is 30.3 Å². The summed E-state index contributed by atoms with van der Waals surface area (Å²) >= 11 is 0. The van der Waals surface area contributed by atoms with Gasteiger partial charge in [0.05, 0.1) is 12.1 Å². The third-order valence-corrected chi connectivity index (χ3v) is 3.54. The van der Waals surface area contributed by atoms with Crippen LogP contribution < -0.4 is 0 Å². The summed E-state index contributed by atoms with van der Waals surface area (Å²) in [5.41, 5.74) is -0.335. The maximum absolute atomic E-state index is 12.4. The average Bonchev–Trinajstić information content (AvgIpc) is 2.95. The van der Waals surface area contributed by atoms with E-state index in [-0.39, 0.29) is 5.91 Å². The molecule has 2 rings (SSSR count). The van der Waals surface area contributed by atoms with Crippen molar-refractivity contribution in [3.63, 3.8) is 0 Å². The highest BCUT2D eigenvalue weighted by atomic mass is 16.3. The van der Waals surface area contributed by atoms with Crippen LogP contribution in [0.2, 0.25) is 0 Å². The van der Waals surface area contributed by atoms with Crippen molar-refractivity contribution in [2.45, 2.75) is 31.9 Å². The van der Waals surface area contributed by atoms with Gasteiger partial charge in [0.1, 0.15) is 5.69 Å². The van der Waals surface area contributed by atoms with Crippen LogP contribution in [0, 0.1) is 0 Å². The number of likely N-dealkylation sites (tertiary alicyclic amines) is 1. The molecule has 20 heavy (non-hydrogen) atoms. The molecule has 0 unspecified atom stereocenters. The van der Waals surface area contributed by atoms with Crippen molar-refractivity contribution in [1.29, 1.82) is 0 Å². The van der Waals surface area contributed by atoms with E-state index in [1.54, 1.807) is 15.6 Å². The van der Waals surface area contributed by atoms with Crippen LogP contribution in [0.5, 0.6) is 0 Å². The first-order valence-corrected chi connectivity index (χ1v) is 7.13. The van der Waals surface area contributed by atoms with Gasteiger partial charge >= 0.3 is 0 Å². The highest BCUT2D eigenvalue weighted by Gasteiger charge is 2.39. The van der Waals surface area contributed by atoms with Gasteiger partial charge < -0.3 is 14.9 Å². The van der Waals surface area contributed by atoms with E-state index in [9.17, 15) is 9.90 Å². The number of carbonyl (C=O) groups excluding carboxylic acids is 1. The normalized spacial score (nSPS) is 22.8. The highest BCUT2D eigenvalue weighted by molar-refractivity contribution is 5.92. The van der Waals surface area contributed by atoms with Gasteiger partial charge in [-0.3, -0.25) is 9.48 Å². The fourth-order valence-corrected chi connectivity index (χ4v) is 2.74. The lowest BCUT2D eigenvalue weighted by molar-refractivity contribution is 0.0235. The Morgan fingerprint density at radius 2 is 2.30 bits per heavy atom. The number of amides is 1. The van der Waals surface area contributed by atoms with E-state index in [0.717, 1.165) is 13.0 Å². The summed E-state index contributed by atoms with van der Waals surface area (Å²) in [6, 6.07) is 1.75. The molecule has 1 amide bonds. The van der Waals surface area contributed by atoms with Gasteiger partial charge in [-0.1, -0.05) is 6.92 Å². The van der Waals surface area contributed by atoms with E-state index in [1.807, 2.05) is 25.2 Å². The molecule has 1 fully saturated rings. The first-order chi connectivity index (χ1) is 9.43. The van der Waals surface area contributed by atoms with E-state index >= 15 is 0 Å². The first kappa shape index (κ1) is 15.0. The number of β-amino-alcohol motifs (C(OH)–C–C–N with tert-alkyl or cyclic N) is 1. The first-order valence-electron chi connectivity index (χ1n) is 7.13. The highest BCUT2D eigenvalue weighted by Crippen LogP contribution is 2.23. The van der Waals surface area contributed by atoms with Crippen molar-refractivity contribution >= 4 is 5.91 Å². The number of hydrogen-bond donors (Lipinski definition) is 1. The minimum absolute atomic E-state index is 0.0884. The molecule has 0 bridgehead atoms. The van der Waals surface area contributed by atoms with Gasteiger partial charge in [0.2, 0.25) is 0 Å². The van der Waals surface area contributed by atoms with Gasteiger partial charge in [-0.2, -0.15) is 5.10 Å². The average molecular weight is 280 g/mol. The molecule has 1 saturated heterocycles. The molecule has 1 aliphatic heterocycles. The molecule has 0 spiro atoms. The molecule has 1 aromatic heterocycles. The molecular weight excluding hydrogens is 256 g/mol. The number of carbonyl (C=O) groups is 1. The summed E-state index contributed by atoms with van der Waals surface area (Å²) in [5, 5.41) is 14.7. The second-order valence-corrected chi connectivity index (χ2v) is 5.90. The summed E-state index contributed by atoms with van der Waals surface area (Å²) in [6.07, 6.45) is 3.44. The molecule has 1 atom stereocenters. The molecule has 0 aromatic carbocycles. The smallest absolute Gasteiger partial charge is 0.274 e. The molecule has 0 aliphatic carbocycles. The molecule has 1 N–H and O–H groups in total. The van der Waals surface area contributed by atoms with Crippen LogP contribution in [0.15, 0.2) is 12.3 Å². The van der Waals surface area contributed by atoms with E-state index in [2.05, 4.69) is 12.0 Å². The molecule has 112 valence electrons. The monoisotopic (exact) mass is 280 g/mol. The number of rotatable bonds is 5. The van der Waals surface area contributed by atoms with Crippen molar-refractivity contribution in [3.8, 4) is 0 Å². The van der Waals surface area contributed by atoms with Crippen molar-refractivity contribution in [2.75, 3.05) is 33.7 Å². The zero-order valence-electron chi connectivity index (χ0n) is 12.5. The lowest BCUT2D eigenvalue weighted by Gasteiger charge is -2.26. The SMILES string of the molecule is CCCn1ccc(C(=O)N2CC[C@@](O)(CN(C)C)C2)n1. The fraction of sp³-hybridized carbons (Fsp3) is 0.714. The molecule has 0 saturated carbocycles. The summed E-state index contributed by atoms with van der Waals surface area (Å²) in [4.78, 5) is 16.0. The summed E-state index contributed by atoms with van der Waals surface area (Å²) < 4.78 is 1.79. The fourth-order valence-electron chi connectivity index (χ4n) is 2.74. The standard InChI is InChI=1S/C14H24N4O2/c1-4-7-18-8-5-12(15-18)13(19)17-9-6-14(20,11-17)10-16(2)3/h5,8,20H,4,6-7,9-11H2,1-3H3/t14-/m1/s1. The Morgan fingerprint density at radius 3 is 2.95 bits per heavy atom. The van der Waals surface area contributed by atoms with Crippen LogP contribution in [0.4, 0.5) is 0 Å². The largest absolute Gasteiger partial charge is 0.387 e. The number of aromatic nitrogens is 2. The molecule has 1 aromatic rings. The predicted molar refractivity (Wildman–Crippen MR) is 76.5 cm³/mol. The third-order valence-electron chi connectivity index (χ3n) is 3.54. The molecule has 6 nitrogen and oxygen atoms in total. The Kier molecular flexibility index (Phi) is 4.45. The van der Waals surface area contributed by atoms with Crippen LogP contribution in [0.3, 0.4) is 0 Å². The van der Waals surface area contributed by atoms with Gasteiger partial charge in [0.15, 0.2) is 0 Å². The number of hydrogen-bond acceptors (Lipinski definition) is 4. The summed E-state index contributed by atoms with van der Waals surface area (Å²) in [5.74, 6) is -0.0884. The predicted octanol–water partition coefficient (Wildman–Crippen LogP) is 0.432. The summed E-state index contributed by atoms with van der Waals surface area (Å²) in [6.45, 7) is 4.43. The Hall–Kier alpha value is -1.40. The quantitative estimate of drug-likeness (QED) is 0.850. The Balaban J connectivity index is 2.00. The zero-order valence-corrected chi connectivity index (χ0v) is 12.5. The number of aryl methyl sites for hydroxylation is 1. The van der Waals surface area contributed by atoms with Crippen molar-refractivity contribution < 1.29 is 9.90 Å². The van der Waals surface area contributed by atoms with Crippen LogP contribution >= 0.6 is 0 Å². The Bertz CT molecular complexity index is 471. The Labute approximate surface area is 120 Å². The van der Waals surface area contributed by atoms with Gasteiger partial charge in [-0.15, -0.1) is 0 Å². The second kappa shape index (κ2) is 5.93. The minimum Gasteiger partial charge on any atom is -0.387 e. The molecule has 1 aliphatic rings. The van der Waals surface area contributed by atoms with Crippen LogP contribution in [-0.2, 0) is 6.54 Å². The molecule has 2 heterocycles. The third kappa shape index (κ3) is 3.37.